The quantitative estimate of drug-likeness (QED) is 0.256. The Morgan fingerprint density at radius 1 is 0.941 bits per heavy atom. The van der Waals surface area contributed by atoms with Gasteiger partial charge in [-0.25, -0.2) is 5.43 Å². The van der Waals surface area contributed by atoms with Crippen LogP contribution in [0.3, 0.4) is 0 Å². The molecule has 8 nitrogen and oxygen atoms in total. The van der Waals surface area contributed by atoms with Crippen molar-refractivity contribution >= 4 is 23.7 Å². The van der Waals surface area contributed by atoms with Crippen LogP contribution < -0.4 is 25.0 Å². The molecule has 0 aliphatic rings. The Morgan fingerprint density at radius 3 is 2.47 bits per heavy atom. The highest BCUT2D eigenvalue weighted by atomic mass is 16.5. The zero-order chi connectivity index (χ0) is 24.2. The standard InChI is InChI=1S/C26H25N3O5/c1-3-15-33-23-14-13-19(16-24(23)32-2)26(31)29-27-17-20-9-7-8-12-22(20)34-18-25(30)28-21-10-5-4-6-11-21/h3-14,16-17H,1,15,18H2,2H3,(H,28,30)(H,29,31)/b27-17+. The van der Waals surface area contributed by atoms with E-state index >= 15 is 0 Å². The number of nitrogens with one attached hydrogen (secondary N) is 2. The molecule has 3 rings (SSSR count). The zero-order valence-corrected chi connectivity index (χ0v) is 18.7. The molecule has 0 unspecified atom stereocenters. The smallest absolute Gasteiger partial charge is 0.271 e. The Labute approximate surface area is 197 Å². The lowest BCUT2D eigenvalue weighted by molar-refractivity contribution is -0.118. The topological polar surface area (TPSA) is 98.3 Å². The summed E-state index contributed by atoms with van der Waals surface area (Å²) in [5.41, 5.74) is 4.10. The summed E-state index contributed by atoms with van der Waals surface area (Å²) in [5, 5.41) is 6.76. The van der Waals surface area contributed by atoms with Gasteiger partial charge in [0.15, 0.2) is 18.1 Å². The first-order valence-corrected chi connectivity index (χ1v) is 10.4. The van der Waals surface area contributed by atoms with Crippen LogP contribution >= 0.6 is 0 Å². The molecule has 0 atom stereocenters. The van der Waals surface area contributed by atoms with Crippen molar-refractivity contribution in [3.8, 4) is 17.2 Å². The van der Waals surface area contributed by atoms with E-state index in [0.29, 0.717) is 40.7 Å². The second-order valence-corrected chi connectivity index (χ2v) is 6.91. The lowest BCUT2D eigenvalue weighted by Gasteiger charge is -2.10. The van der Waals surface area contributed by atoms with Gasteiger partial charge < -0.3 is 19.5 Å². The summed E-state index contributed by atoms with van der Waals surface area (Å²) >= 11 is 0. The maximum atomic E-state index is 12.5. The second kappa shape index (κ2) is 12.4. The predicted octanol–water partition coefficient (Wildman–Crippen LogP) is 4.04. The number of anilines is 1. The maximum absolute atomic E-state index is 12.5. The highest BCUT2D eigenvalue weighted by Crippen LogP contribution is 2.28. The summed E-state index contributed by atoms with van der Waals surface area (Å²) in [4.78, 5) is 24.6. The average molecular weight is 460 g/mol. The lowest BCUT2D eigenvalue weighted by Crippen LogP contribution is -2.20. The van der Waals surface area contributed by atoms with Crippen molar-refractivity contribution in [1.29, 1.82) is 0 Å². The molecule has 0 spiro atoms. The van der Waals surface area contributed by atoms with E-state index in [1.807, 2.05) is 18.2 Å². The van der Waals surface area contributed by atoms with Gasteiger partial charge >= 0.3 is 0 Å². The fourth-order valence-electron chi connectivity index (χ4n) is 2.88. The number of nitrogens with zero attached hydrogens (tertiary/aromatic N) is 1. The summed E-state index contributed by atoms with van der Waals surface area (Å²) in [7, 11) is 1.49. The minimum Gasteiger partial charge on any atom is -0.493 e. The van der Waals surface area contributed by atoms with Crippen LogP contribution in [-0.4, -0.2) is 38.4 Å². The number of ether oxygens (including phenoxy) is 3. The SMILES string of the molecule is C=CCOc1ccc(C(=O)N/N=C/c2ccccc2OCC(=O)Nc2ccccc2)cc1OC. The lowest BCUT2D eigenvalue weighted by atomic mass is 10.2. The number of benzene rings is 3. The van der Waals surface area contributed by atoms with Crippen molar-refractivity contribution < 1.29 is 23.8 Å². The van der Waals surface area contributed by atoms with Crippen molar-refractivity contribution in [3.63, 3.8) is 0 Å². The van der Waals surface area contributed by atoms with E-state index in [9.17, 15) is 9.59 Å². The van der Waals surface area contributed by atoms with Gasteiger partial charge in [0, 0.05) is 16.8 Å². The van der Waals surface area contributed by atoms with Crippen LogP contribution in [0.15, 0.2) is 90.6 Å². The molecule has 2 N–H and O–H groups in total. The molecule has 0 bridgehead atoms. The fourth-order valence-corrected chi connectivity index (χ4v) is 2.88. The van der Waals surface area contributed by atoms with Gasteiger partial charge in [0.05, 0.1) is 13.3 Å². The van der Waals surface area contributed by atoms with Crippen molar-refractivity contribution in [1.82, 2.24) is 5.43 Å². The number of rotatable bonds is 11. The van der Waals surface area contributed by atoms with E-state index in [2.05, 4.69) is 22.4 Å². The minimum atomic E-state index is -0.426. The van der Waals surface area contributed by atoms with Gasteiger partial charge in [-0.3, -0.25) is 9.59 Å². The van der Waals surface area contributed by atoms with Crippen molar-refractivity contribution in [2.75, 3.05) is 25.6 Å². The van der Waals surface area contributed by atoms with Crippen LogP contribution in [0.25, 0.3) is 0 Å². The van der Waals surface area contributed by atoms with Gasteiger partial charge in [-0.1, -0.05) is 43.0 Å². The van der Waals surface area contributed by atoms with E-state index in [-0.39, 0.29) is 12.5 Å². The number of carbonyl (C=O) groups is 2. The Kier molecular flexibility index (Phi) is 8.81. The van der Waals surface area contributed by atoms with Gasteiger partial charge in [0.25, 0.3) is 11.8 Å². The number of amides is 2. The van der Waals surface area contributed by atoms with Gasteiger partial charge in [-0.05, 0) is 42.5 Å². The molecule has 8 heteroatoms. The molecule has 0 saturated heterocycles. The molecule has 3 aromatic carbocycles. The molecule has 0 aromatic heterocycles. The Morgan fingerprint density at radius 2 is 1.71 bits per heavy atom. The van der Waals surface area contributed by atoms with Crippen LogP contribution in [0, 0.1) is 0 Å². The van der Waals surface area contributed by atoms with Crippen LogP contribution in [-0.2, 0) is 4.79 Å². The average Bonchev–Trinajstić information content (AvgIpc) is 2.87. The number of hydrogen-bond acceptors (Lipinski definition) is 6. The van der Waals surface area contributed by atoms with Gasteiger partial charge in [0.1, 0.15) is 12.4 Å². The van der Waals surface area contributed by atoms with E-state index in [1.165, 1.54) is 13.3 Å². The summed E-state index contributed by atoms with van der Waals surface area (Å²) < 4.78 is 16.4. The first kappa shape index (κ1) is 24.1. The molecule has 0 aliphatic carbocycles. The van der Waals surface area contributed by atoms with Gasteiger partial charge in [-0.2, -0.15) is 5.10 Å². The van der Waals surface area contributed by atoms with E-state index in [0.717, 1.165) is 0 Å². The number of hydrogen-bond donors (Lipinski definition) is 2. The maximum Gasteiger partial charge on any atom is 0.271 e. The molecular formula is C26H25N3O5. The molecule has 0 saturated carbocycles. The van der Waals surface area contributed by atoms with Crippen LogP contribution in [0.5, 0.6) is 17.2 Å². The second-order valence-electron chi connectivity index (χ2n) is 6.91. The first-order valence-electron chi connectivity index (χ1n) is 10.4. The molecule has 2 amide bonds. The van der Waals surface area contributed by atoms with E-state index in [1.54, 1.807) is 60.7 Å². The zero-order valence-electron chi connectivity index (χ0n) is 18.7. The molecule has 0 radical (unpaired) electrons. The minimum absolute atomic E-state index is 0.174. The third kappa shape index (κ3) is 6.96. The monoisotopic (exact) mass is 459 g/mol. The van der Waals surface area contributed by atoms with Gasteiger partial charge in [-0.15, -0.1) is 0 Å². The Balaban J connectivity index is 1.59. The van der Waals surface area contributed by atoms with E-state index in [4.69, 9.17) is 14.2 Å². The van der Waals surface area contributed by atoms with Crippen molar-refractivity contribution in [3.05, 3.63) is 96.6 Å². The highest BCUT2D eigenvalue weighted by Gasteiger charge is 2.11. The molecule has 0 aliphatic heterocycles. The molecule has 0 heterocycles. The normalized spacial score (nSPS) is 10.4. The van der Waals surface area contributed by atoms with Crippen LogP contribution in [0.1, 0.15) is 15.9 Å². The molecule has 0 fully saturated rings. The Bertz CT molecular complexity index is 1160. The summed E-state index contributed by atoms with van der Waals surface area (Å²) in [5.74, 6) is 0.663. The number of hydrazone groups is 1. The van der Waals surface area contributed by atoms with E-state index < -0.39 is 5.91 Å². The van der Waals surface area contributed by atoms with Crippen LogP contribution in [0.4, 0.5) is 5.69 Å². The largest absolute Gasteiger partial charge is 0.493 e. The first-order chi connectivity index (χ1) is 16.6. The molecule has 174 valence electrons. The third-order valence-corrected chi connectivity index (χ3v) is 4.49. The third-order valence-electron chi connectivity index (χ3n) is 4.49. The van der Waals surface area contributed by atoms with Crippen LogP contribution in [0.2, 0.25) is 0 Å². The summed E-state index contributed by atoms with van der Waals surface area (Å²) in [6.07, 6.45) is 3.06. The number of para-hydroxylation sites is 2. The fraction of sp³-hybridized carbons (Fsp3) is 0.115. The van der Waals surface area contributed by atoms with Crippen molar-refractivity contribution in [2.45, 2.75) is 0 Å². The Hall–Kier alpha value is -4.59. The summed E-state index contributed by atoms with van der Waals surface area (Å²) in [6, 6.07) is 21.0. The number of carbonyl (C=O) groups excluding carboxylic acids is 2. The number of methoxy groups -OCH3 is 1. The molecule has 3 aromatic rings. The summed E-state index contributed by atoms with van der Waals surface area (Å²) in [6.45, 7) is 3.75. The molecular weight excluding hydrogens is 434 g/mol. The predicted molar refractivity (Wildman–Crippen MR) is 131 cm³/mol. The highest BCUT2D eigenvalue weighted by molar-refractivity contribution is 5.96. The van der Waals surface area contributed by atoms with Crippen molar-refractivity contribution in [2.24, 2.45) is 5.10 Å². The molecule has 34 heavy (non-hydrogen) atoms. The van der Waals surface area contributed by atoms with Gasteiger partial charge in [0.2, 0.25) is 0 Å².